The van der Waals surface area contributed by atoms with Crippen LogP contribution in [0, 0.1) is 5.92 Å². The van der Waals surface area contributed by atoms with E-state index in [-0.39, 0.29) is 17.4 Å². The zero-order valence-electron chi connectivity index (χ0n) is 19.2. The van der Waals surface area contributed by atoms with Gasteiger partial charge in [-0.25, -0.2) is 4.98 Å². The van der Waals surface area contributed by atoms with Gasteiger partial charge in [-0.15, -0.1) is 0 Å². The van der Waals surface area contributed by atoms with Gasteiger partial charge in [0.1, 0.15) is 5.82 Å². The lowest BCUT2D eigenvalue weighted by molar-refractivity contribution is 0.0710. The Kier molecular flexibility index (Phi) is 5.88. The minimum absolute atomic E-state index is 0.0284. The zero-order valence-corrected chi connectivity index (χ0v) is 19.2. The van der Waals surface area contributed by atoms with Gasteiger partial charge < -0.3 is 9.88 Å². The third kappa shape index (κ3) is 4.25. The van der Waals surface area contributed by atoms with Gasteiger partial charge in [0, 0.05) is 57.8 Å². The van der Waals surface area contributed by atoms with E-state index in [9.17, 15) is 9.59 Å². The Morgan fingerprint density at radius 3 is 2.53 bits per heavy atom. The highest BCUT2D eigenvalue weighted by Gasteiger charge is 2.31. The maximum absolute atomic E-state index is 13.0. The van der Waals surface area contributed by atoms with Crippen molar-refractivity contribution in [2.75, 3.05) is 19.6 Å². The molecule has 8 nitrogen and oxygen atoms in total. The Labute approximate surface area is 189 Å². The summed E-state index contributed by atoms with van der Waals surface area (Å²) in [5, 5.41) is 4.10. The summed E-state index contributed by atoms with van der Waals surface area (Å²) < 4.78 is 1.65. The zero-order chi connectivity index (χ0) is 22.2. The monoisotopic (exact) mass is 438 g/mol. The summed E-state index contributed by atoms with van der Waals surface area (Å²) in [5.74, 6) is 1.87. The number of carbonyl (C=O) groups excluding carboxylic acids is 1. The molecule has 0 radical (unpaired) electrons. The summed E-state index contributed by atoms with van der Waals surface area (Å²) in [7, 11) is 1.82. The van der Waals surface area contributed by atoms with E-state index in [0.29, 0.717) is 24.7 Å². The molecule has 1 aliphatic carbocycles. The van der Waals surface area contributed by atoms with Crippen LogP contribution in [0.15, 0.2) is 17.2 Å². The van der Waals surface area contributed by atoms with Gasteiger partial charge in [-0.2, -0.15) is 5.10 Å². The van der Waals surface area contributed by atoms with E-state index in [4.69, 9.17) is 4.98 Å². The molecule has 8 heteroatoms. The molecule has 0 spiro atoms. The Balaban J connectivity index is 1.23. The summed E-state index contributed by atoms with van der Waals surface area (Å²) in [5.41, 5.74) is 2.51. The van der Waals surface area contributed by atoms with Crippen molar-refractivity contribution >= 4 is 5.91 Å². The summed E-state index contributed by atoms with van der Waals surface area (Å²) in [6.45, 7) is 5.42. The number of carbonyl (C=O) groups is 1. The molecule has 3 aliphatic rings. The molecular weight excluding hydrogens is 404 g/mol. The van der Waals surface area contributed by atoms with Crippen molar-refractivity contribution in [3.8, 4) is 0 Å². The standard InChI is InChI=1S/C24H34N6O2/c1-16-3-5-19(6-4-16)30-12-9-21-20(15-30)23(31)27-22(26-21)17-7-10-29(11-8-17)24(32)18-13-25-28(2)14-18/h13-14,16-17,19H,3-12,15H2,1-2H3,(H,26,27,31). The fourth-order valence-corrected chi connectivity index (χ4v) is 5.65. The number of aromatic nitrogens is 4. The highest BCUT2D eigenvalue weighted by molar-refractivity contribution is 5.93. The second kappa shape index (κ2) is 8.81. The van der Waals surface area contributed by atoms with Crippen LogP contribution in [0.2, 0.25) is 0 Å². The van der Waals surface area contributed by atoms with Crippen molar-refractivity contribution in [3.63, 3.8) is 0 Å². The molecule has 2 aromatic rings. The molecule has 1 amide bonds. The number of amides is 1. The summed E-state index contributed by atoms with van der Waals surface area (Å²) >= 11 is 0. The molecule has 5 rings (SSSR count). The third-order valence-electron chi connectivity index (χ3n) is 7.74. The molecule has 4 heterocycles. The molecule has 1 saturated heterocycles. The SMILES string of the molecule is CC1CCC(N2CCc3nc(C4CCN(C(=O)c5cnn(C)c5)CC4)[nH]c(=O)c3C2)CC1. The van der Waals surface area contributed by atoms with Gasteiger partial charge >= 0.3 is 0 Å². The average molecular weight is 439 g/mol. The first-order valence-corrected chi connectivity index (χ1v) is 12.1. The van der Waals surface area contributed by atoms with Crippen molar-refractivity contribution in [3.05, 3.63) is 45.4 Å². The maximum atomic E-state index is 13.0. The number of hydrogen-bond acceptors (Lipinski definition) is 5. The van der Waals surface area contributed by atoms with Crippen LogP contribution in [0.4, 0.5) is 0 Å². The minimum Gasteiger partial charge on any atom is -0.339 e. The predicted molar refractivity (Wildman–Crippen MR) is 121 cm³/mol. The fourth-order valence-electron chi connectivity index (χ4n) is 5.65. The second-order valence-electron chi connectivity index (χ2n) is 9.98. The highest BCUT2D eigenvalue weighted by atomic mass is 16.2. The van der Waals surface area contributed by atoms with Gasteiger partial charge in [0.2, 0.25) is 0 Å². The molecule has 1 N–H and O–H groups in total. The average Bonchev–Trinajstić information content (AvgIpc) is 3.25. The Morgan fingerprint density at radius 2 is 1.84 bits per heavy atom. The first kappa shape index (κ1) is 21.4. The van der Waals surface area contributed by atoms with Crippen LogP contribution in [-0.4, -0.2) is 61.1 Å². The minimum atomic E-state index is 0.0284. The lowest BCUT2D eigenvalue weighted by atomic mass is 9.86. The van der Waals surface area contributed by atoms with Crippen LogP contribution in [-0.2, 0) is 20.0 Å². The number of aromatic amines is 1. The molecule has 0 unspecified atom stereocenters. The molecule has 32 heavy (non-hydrogen) atoms. The van der Waals surface area contributed by atoms with Gasteiger partial charge in [0.15, 0.2) is 0 Å². The van der Waals surface area contributed by atoms with Crippen LogP contribution < -0.4 is 5.56 Å². The second-order valence-corrected chi connectivity index (χ2v) is 9.98. The molecule has 2 fully saturated rings. The highest BCUT2D eigenvalue weighted by Crippen LogP contribution is 2.31. The normalized spacial score (nSPS) is 25.0. The predicted octanol–water partition coefficient (Wildman–Crippen LogP) is 2.46. The van der Waals surface area contributed by atoms with E-state index in [0.717, 1.165) is 55.4 Å². The molecule has 1 saturated carbocycles. The number of H-pyrrole nitrogens is 1. The molecule has 0 aromatic carbocycles. The lowest BCUT2D eigenvalue weighted by Crippen LogP contribution is -2.44. The largest absolute Gasteiger partial charge is 0.339 e. The number of piperidine rings is 1. The van der Waals surface area contributed by atoms with Crippen molar-refractivity contribution in [1.82, 2.24) is 29.5 Å². The molecule has 172 valence electrons. The van der Waals surface area contributed by atoms with Crippen molar-refractivity contribution in [2.45, 2.75) is 70.4 Å². The summed E-state index contributed by atoms with van der Waals surface area (Å²) in [6.07, 6.45) is 11.0. The third-order valence-corrected chi connectivity index (χ3v) is 7.74. The summed E-state index contributed by atoms with van der Waals surface area (Å²) in [6, 6.07) is 0.611. The van der Waals surface area contributed by atoms with E-state index in [2.05, 4.69) is 21.9 Å². The van der Waals surface area contributed by atoms with Gasteiger partial charge in [0.25, 0.3) is 11.5 Å². The van der Waals surface area contributed by atoms with E-state index in [1.54, 1.807) is 17.1 Å². The lowest BCUT2D eigenvalue weighted by Gasteiger charge is -2.38. The first-order valence-electron chi connectivity index (χ1n) is 12.1. The van der Waals surface area contributed by atoms with E-state index >= 15 is 0 Å². The number of nitrogens with zero attached hydrogens (tertiary/aromatic N) is 5. The molecular formula is C24H34N6O2. The topological polar surface area (TPSA) is 87.1 Å². The number of nitrogens with one attached hydrogen (secondary N) is 1. The van der Waals surface area contributed by atoms with Crippen molar-refractivity contribution in [1.29, 1.82) is 0 Å². The van der Waals surface area contributed by atoms with Crippen LogP contribution in [0.5, 0.6) is 0 Å². The summed E-state index contributed by atoms with van der Waals surface area (Å²) in [4.78, 5) is 38.1. The van der Waals surface area contributed by atoms with Crippen molar-refractivity contribution in [2.24, 2.45) is 13.0 Å². The Morgan fingerprint density at radius 1 is 1.09 bits per heavy atom. The number of likely N-dealkylation sites (tertiary alicyclic amines) is 1. The molecule has 2 aliphatic heterocycles. The number of rotatable bonds is 3. The van der Waals surface area contributed by atoms with Gasteiger partial charge in [-0.3, -0.25) is 19.2 Å². The molecule has 0 atom stereocenters. The van der Waals surface area contributed by atoms with E-state index in [1.807, 2.05) is 11.9 Å². The smallest absolute Gasteiger partial charge is 0.257 e. The van der Waals surface area contributed by atoms with Crippen molar-refractivity contribution < 1.29 is 4.79 Å². The van der Waals surface area contributed by atoms with Crippen LogP contribution in [0.1, 0.15) is 78.8 Å². The molecule has 0 bridgehead atoms. The number of fused-ring (bicyclic) bond motifs is 1. The first-order chi connectivity index (χ1) is 15.5. The number of hydrogen-bond donors (Lipinski definition) is 1. The van der Waals surface area contributed by atoms with Crippen LogP contribution in [0.25, 0.3) is 0 Å². The Bertz CT molecular complexity index is 1030. The quantitative estimate of drug-likeness (QED) is 0.796. The van der Waals surface area contributed by atoms with E-state index < -0.39 is 0 Å². The fraction of sp³-hybridized carbons (Fsp3) is 0.667. The maximum Gasteiger partial charge on any atom is 0.257 e. The van der Waals surface area contributed by atoms with Crippen LogP contribution >= 0.6 is 0 Å². The van der Waals surface area contributed by atoms with Gasteiger partial charge in [-0.1, -0.05) is 6.92 Å². The number of aryl methyl sites for hydroxylation is 1. The van der Waals surface area contributed by atoms with E-state index in [1.165, 1.54) is 25.7 Å². The Hall–Kier alpha value is -2.48. The van der Waals surface area contributed by atoms with Crippen LogP contribution in [0.3, 0.4) is 0 Å². The van der Waals surface area contributed by atoms with Gasteiger partial charge in [0.05, 0.1) is 23.0 Å². The van der Waals surface area contributed by atoms with Gasteiger partial charge in [-0.05, 0) is 44.4 Å². The molecule has 2 aromatic heterocycles.